The van der Waals surface area contributed by atoms with Gasteiger partial charge in [-0.05, 0) is 72.8 Å². The number of hydrogen-bond acceptors (Lipinski definition) is 2. The largest absolute Gasteiger partial charge is 0.478 e. The topological polar surface area (TPSA) is 47.2 Å². The molecule has 4 rings (SSSR count). The molecule has 0 amide bonds. The molecule has 0 aliphatic heterocycles. The van der Waals surface area contributed by atoms with Crippen molar-refractivity contribution in [1.82, 2.24) is 9.13 Å². The zero-order valence-electron chi connectivity index (χ0n) is 15.6. The lowest BCUT2D eigenvalue weighted by molar-refractivity contribution is 0.0697. The van der Waals surface area contributed by atoms with Gasteiger partial charge in [-0.2, -0.15) is 0 Å². The Kier molecular flexibility index (Phi) is 5.32. The van der Waals surface area contributed by atoms with Gasteiger partial charge in [-0.1, -0.05) is 12.1 Å². The molecule has 150 valence electrons. The summed E-state index contributed by atoms with van der Waals surface area (Å²) in [6.07, 6.45) is 6.46. The minimum absolute atomic E-state index is 0.0762. The summed E-state index contributed by atoms with van der Waals surface area (Å²) in [6.45, 7) is 0.671. The van der Waals surface area contributed by atoms with Gasteiger partial charge in [-0.15, -0.1) is 0 Å². The van der Waals surface area contributed by atoms with Crippen molar-refractivity contribution in [2.75, 3.05) is 0 Å². The van der Waals surface area contributed by atoms with Crippen molar-refractivity contribution in [3.8, 4) is 0 Å². The fourth-order valence-electron chi connectivity index (χ4n) is 3.96. The van der Waals surface area contributed by atoms with E-state index in [9.17, 15) is 13.6 Å². The summed E-state index contributed by atoms with van der Waals surface area (Å²) in [4.78, 5) is 10.9. The van der Waals surface area contributed by atoms with E-state index in [2.05, 4.69) is 0 Å². The zero-order chi connectivity index (χ0) is 20.5. The van der Waals surface area contributed by atoms with Crippen LogP contribution in [0.3, 0.4) is 0 Å². The minimum atomic E-state index is -0.940. The molecule has 1 atom stereocenters. The fraction of sp³-hybridized carbons (Fsp3) is 0.273. The Bertz CT molecular complexity index is 1120. The van der Waals surface area contributed by atoms with E-state index in [0.29, 0.717) is 35.3 Å². The molecule has 0 bridgehead atoms. The van der Waals surface area contributed by atoms with Crippen LogP contribution in [0.5, 0.6) is 0 Å². The van der Waals surface area contributed by atoms with Crippen molar-refractivity contribution >= 4 is 18.2 Å². The van der Waals surface area contributed by atoms with Gasteiger partial charge in [0.2, 0.25) is 0 Å². The number of nitrogens with zero attached hydrogens (tertiary/aromatic N) is 2. The smallest absolute Gasteiger partial charge is 0.335 e. The van der Waals surface area contributed by atoms with Crippen LogP contribution < -0.4 is 0 Å². The Morgan fingerprint density at radius 3 is 2.66 bits per heavy atom. The van der Waals surface area contributed by atoms with Crippen LogP contribution in [0.2, 0.25) is 0 Å². The summed E-state index contributed by atoms with van der Waals surface area (Å²) < 4.78 is 32.2. The summed E-state index contributed by atoms with van der Waals surface area (Å²) in [7, 11) is 0. The van der Waals surface area contributed by atoms with Crippen molar-refractivity contribution in [1.29, 1.82) is 0 Å². The number of imidazole rings is 1. The van der Waals surface area contributed by atoms with Crippen molar-refractivity contribution < 1.29 is 18.7 Å². The molecule has 29 heavy (non-hydrogen) atoms. The van der Waals surface area contributed by atoms with Gasteiger partial charge < -0.3 is 14.2 Å². The minimum Gasteiger partial charge on any atom is -0.478 e. The van der Waals surface area contributed by atoms with Crippen molar-refractivity contribution in [3.05, 3.63) is 87.5 Å². The maximum atomic E-state index is 14.0. The van der Waals surface area contributed by atoms with E-state index in [4.69, 9.17) is 17.3 Å². The maximum Gasteiger partial charge on any atom is 0.335 e. The normalized spacial score (nSPS) is 15.9. The SMILES string of the molecule is O=C(O)c1ccc(CCn2ccn(C3CCc4c(F)cc(F)cc4C3)c2=S)cc1. The fourth-order valence-corrected chi connectivity index (χ4v) is 4.33. The molecule has 0 fully saturated rings. The summed E-state index contributed by atoms with van der Waals surface area (Å²) in [5.74, 6) is -1.95. The van der Waals surface area contributed by atoms with Crippen LogP contribution in [0, 0.1) is 16.4 Å². The molecule has 7 heteroatoms. The van der Waals surface area contributed by atoms with Crippen LogP contribution in [0.4, 0.5) is 8.78 Å². The van der Waals surface area contributed by atoms with E-state index in [0.717, 1.165) is 24.5 Å². The molecule has 1 aromatic heterocycles. The first-order chi connectivity index (χ1) is 13.9. The van der Waals surface area contributed by atoms with Crippen LogP contribution >= 0.6 is 12.2 Å². The number of carboxylic acids is 1. The van der Waals surface area contributed by atoms with Crippen LogP contribution in [-0.4, -0.2) is 20.2 Å². The number of aryl methyl sites for hydroxylation is 2. The third-order valence-electron chi connectivity index (χ3n) is 5.55. The predicted octanol–water partition coefficient (Wildman–Crippen LogP) is 4.97. The predicted molar refractivity (Wildman–Crippen MR) is 108 cm³/mol. The van der Waals surface area contributed by atoms with Crippen LogP contribution in [0.25, 0.3) is 0 Å². The third-order valence-corrected chi connectivity index (χ3v) is 5.99. The second-order valence-electron chi connectivity index (χ2n) is 7.36. The van der Waals surface area contributed by atoms with Crippen LogP contribution in [0.15, 0.2) is 48.8 Å². The maximum absolute atomic E-state index is 14.0. The molecular formula is C22H20F2N2O2S. The number of carboxylic acid groups (broad SMARTS) is 1. The molecule has 1 heterocycles. The number of fused-ring (bicyclic) bond motifs is 1. The second kappa shape index (κ2) is 7.91. The highest BCUT2D eigenvalue weighted by molar-refractivity contribution is 7.71. The highest BCUT2D eigenvalue weighted by atomic mass is 32.1. The Morgan fingerprint density at radius 1 is 1.17 bits per heavy atom. The van der Waals surface area contributed by atoms with Gasteiger partial charge in [0.15, 0.2) is 4.77 Å². The van der Waals surface area contributed by atoms with Gasteiger partial charge in [0.25, 0.3) is 0 Å². The van der Waals surface area contributed by atoms with Crippen molar-refractivity contribution in [2.24, 2.45) is 0 Å². The van der Waals surface area contributed by atoms with Crippen LogP contribution in [0.1, 0.15) is 39.5 Å². The average molecular weight is 414 g/mol. The van der Waals surface area contributed by atoms with E-state index < -0.39 is 17.6 Å². The first kappa shape index (κ1) is 19.5. The number of carbonyl (C=O) groups is 1. The van der Waals surface area contributed by atoms with E-state index in [1.54, 1.807) is 12.1 Å². The summed E-state index contributed by atoms with van der Waals surface area (Å²) in [5.41, 5.74) is 2.62. The third kappa shape index (κ3) is 4.00. The average Bonchev–Trinajstić information content (AvgIpc) is 3.06. The van der Waals surface area contributed by atoms with E-state index in [1.807, 2.05) is 33.7 Å². The zero-order valence-corrected chi connectivity index (χ0v) is 16.5. The first-order valence-electron chi connectivity index (χ1n) is 9.48. The quantitative estimate of drug-likeness (QED) is 0.600. The molecule has 1 aliphatic carbocycles. The lowest BCUT2D eigenvalue weighted by Crippen LogP contribution is -2.20. The molecule has 2 aromatic carbocycles. The number of aromatic nitrogens is 2. The monoisotopic (exact) mass is 414 g/mol. The summed E-state index contributed by atoms with van der Waals surface area (Å²) in [5, 5.41) is 8.98. The lowest BCUT2D eigenvalue weighted by Gasteiger charge is -2.26. The Balaban J connectivity index is 1.47. The van der Waals surface area contributed by atoms with Crippen LogP contribution in [-0.2, 0) is 25.8 Å². The van der Waals surface area contributed by atoms with Crippen molar-refractivity contribution in [2.45, 2.75) is 38.3 Å². The number of benzene rings is 2. The van der Waals surface area contributed by atoms with E-state index in [1.165, 1.54) is 6.07 Å². The van der Waals surface area contributed by atoms with Gasteiger partial charge >= 0.3 is 5.97 Å². The molecule has 0 radical (unpaired) electrons. The van der Waals surface area contributed by atoms with Crippen molar-refractivity contribution in [3.63, 3.8) is 0 Å². The van der Waals surface area contributed by atoms with E-state index >= 15 is 0 Å². The molecule has 3 aromatic rings. The van der Waals surface area contributed by atoms with E-state index in [-0.39, 0.29) is 11.6 Å². The molecule has 1 N–H and O–H groups in total. The number of halogens is 2. The molecular weight excluding hydrogens is 394 g/mol. The molecule has 1 unspecified atom stereocenters. The molecule has 1 aliphatic rings. The van der Waals surface area contributed by atoms with Gasteiger partial charge in [0.1, 0.15) is 11.6 Å². The molecule has 4 nitrogen and oxygen atoms in total. The summed E-state index contributed by atoms with van der Waals surface area (Å²) in [6, 6.07) is 9.26. The molecule has 0 saturated heterocycles. The highest BCUT2D eigenvalue weighted by Crippen LogP contribution is 2.31. The van der Waals surface area contributed by atoms with Gasteiger partial charge in [0.05, 0.1) is 5.56 Å². The van der Waals surface area contributed by atoms with Gasteiger partial charge in [-0.25, -0.2) is 13.6 Å². The summed E-state index contributed by atoms with van der Waals surface area (Å²) >= 11 is 5.63. The number of aromatic carboxylic acids is 1. The Morgan fingerprint density at radius 2 is 1.93 bits per heavy atom. The Labute approximate surface area is 172 Å². The standard InChI is InChI=1S/C22H20F2N2O2S/c23-17-11-16-12-18(5-6-19(16)20(24)13-17)26-10-9-25(22(26)29)8-7-14-1-3-15(4-2-14)21(27)28/h1-4,9-11,13,18H,5-8,12H2,(H,27,28). The van der Waals surface area contributed by atoms with Gasteiger partial charge in [-0.3, -0.25) is 0 Å². The molecule has 0 saturated carbocycles. The number of rotatable bonds is 5. The number of hydrogen-bond donors (Lipinski definition) is 1. The lowest BCUT2D eigenvalue weighted by atomic mass is 9.87. The highest BCUT2D eigenvalue weighted by Gasteiger charge is 2.24. The Hall–Kier alpha value is -2.80. The second-order valence-corrected chi connectivity index (χ2v) is 7.72. The molecule has 0 spiro atoms. The van der Waals surface area contributed by atoms with Gasteiger partial charge in [0, 0.05) is 31.0 Å². The first-order valence-corrected chi connectivity index (χ1v) is 9.89.